The van der Waals surface area contributed by atoms with E-state index in [2.05, 4.69) is 46.5 Å². The number of fused-ring (bicyclic) bond motifs is 1. The molecule has 0 aliphatic rings. The Kier molecular flexibility index (Phi) is 3.21. The van der Waals surface area contributed by atoms with Crippen LogP contribution in [0.1, 0.15) is 11.1 Å². The molecule has 3 N–H and O–H groups in total. The highest BCUT2D eigenvalue weighted by Crippen LogP contribution is 2.22. The van der Waals surface area contributed by atoms with E-state index in [4.69, 9.17) is 5.73 Å². The second-order valence-corrected chi connectivity index (χ2v) is 4.84. The first-order valence-corrected chi connectivity index (χ1v) is 6.52. The van der Waals surface area contributed by atoms with E-state index < -0.39 is 0 Å². The molecule has 4 heteroatoms. The first-order chi connectivity index (χ1) is 9.72. The molecule has 1 heterocycles. The quantitative estimate of drug-likeness (QED) is 0.713. The average molecular weight is 264 g/mol. The molecule has 4 nitrogen and oxygen atoms in total. The van der Waals surface area contributed by atoms with Gasteiger partial charge in [-0.2, -0.15) is 0 Å². The lowest BCUT2D eigenvalue weighted by molar-refractivity contribution is 1.10. The summed E-state index contributed by atoms with van der Waals surface area (Å²) in [6, 6.07) is 14.1. The van der Waals surface area contributed by atoms with Crippen LogP contribution in [0.15, 0.2) is 48.8 Å². The predicted molar refractivity (Wildman–Crippen MR) is 82.5 cm³/mol. The van der Waals surface area contributed by atoms with Gasteiger partial charge < -0.3 is 11.1 Å². The maximum Gasteiger partial charge on any atom is 0.137 e. The summed E-state index contributed by atoms with van der Waals surface area (Å²) in [6.07, 6.45) is 1.57. The van der Waals surface area contributed by atoms with Crippen LogP contribution in [0.3, 0.4) is 0 Å². The van der Waals surface area contributed by atoms with Crippen molar-refractivity contribution in [1.29, 1.82) is 0 Å². The van der Waals surface area contributed by atoms with Crippen molar-refractivity contribution < 1.29 is 0 Å². The van der Waals surface area contributed by atoms with Crippen molar-refractivity contribution in [2.45, 2.75) is 13.5 Å². The molecule has 0 saturated carbocycles. The van der Waals surface area contributed by atoms with Gasteiger partial charge in [0.2, 0.25) is 0 Å². The van der Waals surface area contributed by atoms with E-state index in [0.29, 0.717) is 5.69 Å². The Bertz CT molecular complexity index is 735. The first kappa shape index (κ1) is 12.4. The fourth-order valence-electron chi connectivity index (χ4n) is 2.11. The third-order valence-corrected chi connectivity index (χ3v) is 3.24. The lowest BCUT2D eigenvalue weighted by Gasteiger charge is -2.09. The van der Waals surface area contributed by atoms with Crippen LogP contribution >= 0.6 is 0 Å². The minimum atomic E-state index is 0.714. The number of anilines is 2. The molecule has 3 rings (SSSR count). The summed E-state index contributed by atoms with van der Waals surface area (Å²) in [5.74, 6) is 0.808. The van der Waals surface area contributed by atoms with Crippen molar-refractivity contribution in [2.75, 3.05) is 11.1 Å². The van der Waals surface area contributed by atoms with Crippen LogP contribution in [0.4, 0.5) is 11.5 Å². The third-order valence-electron chi connectivity index (χ3n) is 3.24. The standard InChI is InChI=1S/C16H16N4/c1-11-2-4-12(5-3-11)9-18-16-14-8-13(17)6-7-15(14)19-10-20-16/h2-8,10H,9,17H2,1H3,(H,18,19,20). The molecule has 0 fully saturated rings. The number of aromatic nitrogens is 2. The van der Waals surface area contributed by atoms with Gasteiger partial charge in [0.1, 0.15) is 12.1 Å². The second kappa shape index (κ2) is 5.17. The van der Waals surface area contributed by atoms with E-state index in [1.54, 1.807) is 6.33 Å². The van der Waals surface area contributed by atoms with E-state index in [9.17, 15) is 0 Å². The normalized spacial score (nSPS) is 10.7. The summed E-state index contributed by atoms with van der Waals surface area (Å²) >= 11 is 0. The molecular weight excluding hydrogens is 248 g/mol. The molecule has 3 aromatic rings. The fraction of sp³-hybridized carbons (Fsp3) is 0.125. The van der Waals surface area contributed by atoms with Crippen LogP contribution < -0.4 is 11.1 Å². The SMILES string of the molecule is Cc1ccc(CNc2ncnc3ccc(N)cc23)cc1. The van der Waals surface area contributed by atoms with Crippen LogP contribution in [0.2, 0.25) is 0 Å². The van der Waals surface area contributed by atoms with Crippen molar-refractivity contribution >= 4 is 22.4 Å². The van der Waals surface area contributed by atoms with Crippen molar-refractivity contribution in [2.24, 2.45) is 0 Å². The van der Waals surface area contributed by atoms with E-state index in [1.165, 1.54) is 11.1 Å². The molecule has 0 spiro atoms. The molecule has 0 atom stereocenters. The Morgan fingerprint density at radius 2 is 1.85 bits per heavy atom. The molecule has 0 bridgehead atoms. The molecule has 0 saturated heterocycles. The Balaban J connectivity index is 1.87. The zero-order valence-electron chi connectivity index (χ0n) is 11.3. The summed E-state index contributed by atoms with van der Waals surface area (Å²) in [5, 5.41) is 4.29. The number of rotatable bonds is 3. The van der Waals surface area contributed by atoms with Gasteiger partial charge in [-0.25, -0.2) is 9.97 Å². The van der Waals surface area contributed by atoms with E-state index in [-0.39, 0.29) is 0 Å². The van der Waals surface area contributed by atoms with E-state index in [1.807, 2.05) is 18.2 Å². The van der Waals surface area contributed by atoms with Gasteiger partial charge in [0.05, 0.1) is 5.52 Å². The highest BCUT2D eigenvalue weighted by atomic mass is 15.0. The maximum atomic E-state index is 5.83. The van der Waals surface area contributed by atoms with Crippen LogP contribution in [0.5, 0.6) is 0 Å². The zero-order valence-corrected chi connectivity index (χ0v) is 11.3. The van der Waals surface area contributed by atoms with Gasteiger partial charge in [0.15, 0.2) is 0 Å². The van der Waals surface area contributed by atoms with Crippen molar-refractivity contribution in [3.63, 3.8) is 0 Å². The number of nitrogens with zero attached hydrogens (tertiary/aromatic N) is 2. The number of hydrogen-bond donors (Lipinski definition) is 2. The topological polar surface area (TPSA) is 63.8 Å². The van der Waals surface area contributed by atoms with Gasteiger partial charge in [0.25, 0.3) is 0 Å². The van der Waals surface area contributed by atoms with Gasteiger partial charge in [-0.15, -0.1) is 0 Å². The van der Waals surface area contributed by atoms with Crippen molar-refractivity contribution in [3.05, 3.63) is 59.9 Å². The predicted octanol–water partition coefficient (Wildman–Crippen LogP) is 3.13. The molecule has 1 aromatic heterocycles. The Morgan fingerprint density at radius 3 is 2.65 bits per heavy atom. The monoisotopic (exact) mass is 264 g/mol. The molecule has 0 unspecified atom stereocenters. The second-order valence-electron chi connectivity index (χ2n) is 4.84. The van der Waals surface area contributed by atoms with Gasteiger partial charge in [-0.3, -0.25) is 0 Å². The lowest BCUT2D eigenvalue weighted by atomic mass is 10.1. The summed E-state index contributed by atoms with van der Waals surface area (Å²) in [7, 11) is 0. The summed E-state index contributed by atoms with van der Waals surface area (Å²) in [5.41, 5.74) is 9.91. The number of nitrogens with one attached hydrogen (secondary N) is 1. The smallest absolute Gasteiger partial charge is 0.137 e. The number of aryl methyl sites for hydroxylation is 1. The van der Waals surface area contributed by atoms with Crippen molar-refractivity contribution in [3.8, 4) is 0 Å². The molecule has 20 heavy (non-hydrogen) atoms. The minimum Gasteiger partial charge on any atom is -0.399 e. The summed E-state index contributed by atoms with van der Waals surface area (Å²) in [6.45, 7) is 2.80. The third kappa shape index (κ3) is 2.54. The van der Waals surface area contributed by atoms with Crippen LogP contribution in [0, 0.1) is 6.92 Å². The lowest BCUT2D eigenvalue weighted by Crippen LogP contribution is -2.02. The summed E-state index contributed by atoms with van der Waals surface area (Å²) < 4.78 is 0. The largest absolute Gasteiger partial charge is 0.399 e. The highest BCUT2D eigenvalue weighted by molar-refractivity contribution is 5.91. The molecule has 0 radical (unpaired) electrons. The Hall–Kier alpha value is -2.62. The first-order valence-electron chi connectivity index (χ1n) is 6.52. The molecule has 0 amide bonds. The Morgan fingerprint density at radius 1 is 1.05 bits per heavy atom. The van der Waals surface area contributed by atoms with Crippen LogP contribution in [-0.2, 0) is 6.54 Å². The Labute approximate surface area is 117 Å². The number of nitrogen functional groups attached to an aromatic ring is 1. The number of nitrogens with two attached hydrogens (primary N) is 1. The molecule has 0 aliphatic heterocycles. The van der Waals surface area contributed by atoms with Crippen LogP contribution in [-0.4, -0.2) is 9.97 Å². The van der Waals surface area contributed by atoms with Gasteiger partial charge in [-0.05, 0) is 30.7 Å². The number of benzene rings is 2. The summed E-state index contributed by atoms with van der Waals surface area (Å²) in [4.78, 5) is 8.55. The maximum absolute atomic E-state index is 5.83. The molecule has 100 valence electrons. The molecular formula is C16H16N4. The van der Waals surface area contributed by atoms with E-state index in [0.717, 1.165) is 23.3 Å². The molecule has 2 aromatic carbocycles. The fourth-order valence-corrected chi connectivity index (χ4v) is 2.11. The van der Waals surface area contributed by atoms with Gasteiger partial charge in [-0.1, -0.05) is 29.8 Å². The molecule has 0 aliphatic carbocycles. The van der Waals surface area contributed by atoms with E-state index >= 15 is 0 Å². The zero-order chi connectivity index (χ0) is 13.9. The number of hydrogen-bond acceptors (Lipinski definition) is 4. The minimum absolute atomic E-state index is 0.714. The van der Waals surface area contributed by atoms with Gasteiger partial charge >= 0.3 is 0 Å². The highest BCUT2D eigenvalue weighted by Gasteiger charge is 2.03. The van der Waals surface area contributed by atoms with Gasteiger partial charge in [0, 0.05) is 17.6 Å². The average Bonchev–Trinajstić information content (AvgIpc) is 2.47. The van der Waals surface area contributed by atoms with Crippen molar-refractivity contribution in [1.82, 2.24) is 9.97 Å². The van der Waals surface area contributed by atoms with Crippen LogP contribution in [0.25, 0.3) is 10.9 Å².